The molecular formula is C29H60O4Si. The van der Waals surface area contributed by atoms with Crippen molar-refractivity contribution in [1.82, 2.24) is 0 Å². The molecule has 204 valence electrons. The normalized spacial score (nSPS) is 15.2. The number of rotatable bonds is 21. The fourth-order valence-electron chi connectivity index (χ4n) is 4.34. The Morgan fingerprint density at radius 1 is 0.794 bits per heavy atom. The van der Waals surface area contributed by atoms with Crippen LogP contribution in [0, 0.1) is 5.92 Å². The second kappa shape index (κ2) is 18.8. The van der Waals surface area contributed by atoms with E-state index in [2.05, 4.69) is 47.7 Å². The lowest BCUT2D eigenvalue weighted by atomic mass is 9.90. The number of aliphatic hydroxyl groups excluding tert-OH is 1. The standard InChI is InChI=1S/C29H60O4Si/c1-9-11-13-15-16-17-18-19-20-22-25(33-34(7,8)29(3,4)5)24-27(30)26(28(31)32-6)23-21-14-12-10-2/h25-27,30H,9-24H2,1-8H3. The minimum Gasteiger partial charge on any atom is -0.469 e. The van der Waals surface area contributed by atoms with Crippen LogP contribution in [-0.2, 0) is 14.0 Å². The van der Waals surface area contributed by atoms with Gasteiger partial charge in [0.25, 0.3) is 0 Å². The molecule has 3 unspecified atom stereocenters. The van der Waals surface area contributed by atoms with Gasteiger partial charge < -0.3 is 14.3 Å². The van der Waals surface area contributed by atoms with E-state index in [9.17, 15) is 9.90 Å². The molecule has 0 aromatic rings. The Kier molecular flexibility index (Phi) is 18.6. The number of ether oxygens (including phenoxy) is 1. The van der Waals surface area contributed by atoms with E-state index in [0.717, 1.165) is 32.1 Å². The molecule has 4 nitrogen and oxygen atoms in total. The van der Waals surface area contributed by atoms with Crippen LogP contribution in [-0.4, -0.2) is 38.7 Å². The number of hydrogen-bond donors (Lipinski definition) is 1. The zero-order valence-electron chi connectivity index (χ0n) is 24.2. The van der Waals surface area contributed by atoms with Gasteiger partial charge in [0.15, 0.2) is 8.32 Å². The van der Waals surface area contributed by atoms with Gasteiger partial charge in [0.05, 0.1) is 19.1 Å². The van der Waals surface area contributed by atoms with E-state index in [-0.39, 0.29) is 17.1 Å². The molecule has 0 spiro atoms. The van der Waals surface area contributed by atoms with Crippen molar-refractivity contribution >= 4 is 14.3 Å². The monoisotopic (exact) mass is 500 g/mol. The molecule has 0 fully saturated rings. The van der Waals surface area contributed by atoms with Crippen molar-refractivity contribution in [2.45, 2.75) is 168 Å². The van der Waals surface area contributed by atoms with Crippen LogP contribution < -0.4 is 0 Å². The molecule has 0 aliphatic rings. The molecule has 0 heterocycles. The Morgan fingerprint density at radius 2 is 1.24 bits per heavy atom. The Morgan fingerprint density at radius 3 is 1.71 bits per heavy atom. The number of unbranched alkanes of at least 4 members (excludes halogenated alkanes) is 11. The van der Waals surface area contributed by atoms with E-state index in [0.29, 0.717) is 12.8 Å². The highest BCUT2D eigenvalue weighted by atomic mass is 28.4. The summed E-state index contributed by atoms with van der Waals surface area (Å²) in [4.78, 5) is 12.5. The van der Waals surface area contributed by atoms with Crippen LogP contribution in [0.1, 0.15) is 137 Å². The maximum absolute atomic E-state index is 12.5. The first-order valence-electron chi connectivity index (χ1n) is 14.4. The first-order chi connectivity index (χ1) is 16.0. The van der Waals surface area contributed by atoms with Gasteiger partial charge in [-0.2, -0.15) is 0 Å². The Labute approximate surface area is 214 Å². The number of hydrogen-bond acceptors (Lipinski definition) is 4. The lowest BCUT2D eigenvalue weighted by Gasteiger charge is -2.40. The molecule has 0 aliphatic carbocycles. The highest BCUT2D eigenvalue weighted by Crippen LogP contribution is 2.38. The molecule has 34 heavy (non-hydrogen) atoms. The van der Waals surface area contributed by atoms with E-state index in [1.807, 2.05) is 0 Å². The number of carbonyl (C=O) groups is 1. The first kappa shape index (κ1) is 33.6. The average molecular weight is 501 g/mol. The van der Waals surface area contributed by atoms with Gasteiger partial charge in [0.1, 0.15) is 0 Å². The van der Waals surface area contributed by atoms with Crippen LogP contribution in [0.15, 0.2) is 0 Å². The van der Waals surface area contributed by atoms with Crippen LogP contribution in [0.25, 0.3) is 0 Å². The van der Waals surface area contributed by atoms with Gasteiger partial charge in [-0.05, 0) is 37.4 Å². The molecule has 0 aliphatic heterocycles. The molecule has 1 N–H and O–H groups in total. The van der Waals surface area contributed by atoms with Gasteiger partial charge in [-0.15, -0.1) is 0 Å². The van der Waals surface area contributed by atoms with Crippen LogP contribution >= 0.6 is 0 Å². The minimum absolute atomic E-state index is 0.00300. The molecule has 0 saturated carbocycles. The lowest BCUT2D eigenvalue weighted by molar-refractivity contribution is -0.150. The third kappa shape index (κ3) is 14.9. The van der Waals surface area contributed by atoms with Gasteiger partial charge >= 0.3 is 5.97 Å². The molecule has 0 amide bonds. The Hall–Kier alpha value is -0.393. The number of esters is 1. The molecular weight excluding hydrogens is 440 g/mol. The summed E-state index contributed by atoms with van der Waals surface area (Å²) in [5.41, 5.74) is 0. The molecule has 0 radical (unpaired) electrons. The van der Waals surface area contributed by atoms with E-state index in [1.54, 1.807) is 0 Å². The summed E-state index contributed by atoms with van der Waals surface area (Å²) < 4.78 is 11.8. The topological polar surface area (TPSA) is 55.8 Å². The van der Waals surface area contributed by atoms with Gasteiger partial charge in [-0.3, -0.25) is 4.79 Å². The Bertz CT molecular complexity index is 501. The van der Waals surface area contributed by atoms with Crippen molar-refractivity contribution in [3.63, 3.8) is 0 Å². The summed E-state index contributed by atoms with van der Waals surface area (Å²) in [7, 11) is -0.532. The quantitative estimate of drug-likeness (QED) is 0.0971. The number of methoxy groups -OCH3 is 1. The number of carbonyl (C=O) groups excluding carboxylic acids is 1. The second-order valence-electron chi connectivity index (χ2n) is 11.9. The smallest absolute Gasteiger partial charge is 0.311 e. The van der Waals surface area contributed by atoms with Crippen molar-refractivity contribution in [3.05, 3.63) is 0 Å². The van der Waals surface area contributed by atoms with Crippen LogP contribution in [0.5, 0.6) is 0 Å². The summed E-state index contributed by atoms with van der Waals surface area (Å²) >= 11 is 0. The van der Waals surface area contributed by atoms with E-state index in [1.165, 1.54) is 64.9 Å². The van der Waals surface area contributed by atoms with Crippen molar-refractivity contribution in [2.24, 2.45) is 5.92 Å². The summed E-state index contributed by atoms with van der Waals surface area (Å²) in [6.45, 7) is 15.8. The summed E-state index contributed by atoms with van der Waals surface area (Å²) in [6.07, 6.45) is 17.6. The number of aliphatic hydroxyl groups is 1. The van der Waals surface area contributed by atoms with E-state index in [4.69, 9.17) is 9.16 Å². The van der Waals surface area contributed by atoms with Crippen LogP contribution in [0.2, 0.25) is 18.1 Å². The summed E-state index contributed by atoms with van der Waals surface area (Å²) in [5, 5.41) is 11.2. The van der Waals surface area contributed by atoms with Crippen molar-refractivity contribution in [3.8, 4) is 0 Å². The molecule has 3 atom stereocenters. The van der Waals surface area contributed by atoms with Crippen LogP contribution in [0.4, 0.5) is 0 Å². The zero-order chi connectivity index (χ0) is 26.0. The maximum Gasteiger partial charge on any atom is 0.311 e. The zero-order valence-corrected chi connectivity index (χ0v) is 25.2. The average Bonchev–Trinajstić information content (AvgIpc) is 2.76. The highest BCUT2D eigenvalue weighted by molar-refractivity contribution is 6.74. The third-order valence-corrected chi connectivity index (χ3v) is 12.3. The fourth-order valence-corrected chi connectivity index (χ4v) is 5.75. The molecule has 0 bridgehead atoms. The maximum atomic E-state index is 12.5. The van der Waals surface area contributed by atoms with Gasteiger partial charge in [0, 0.05) is 6.10 Å². The summed E-state index contributed by atoms with van der Waals surface area (Å²) in [5.74, 6) is -0.728. The fraction of sp³-hybridized carbons (Fsp3) is 0.966. The van der Waals surface area contributed by atoms with Crippen molar-refractivity contribution in [2.75, 3.05) is 7.11 Å². The third-order valence-electron chi connectivity index (χ3n) is 7.74. The molecule has 0 aromatic heterocycles. The van der Waals surface area contributed by atoms with Crippen molar-refractivity contribution < 1.29 is 19.1 Å². The first-order valence-corrected chi connectivity index (χ1v) is 17.3. The predicted octanol–water partition coefficient (Wildman–Crippen LogP) is 8.81. The lowest BCUT2D eigenvalue weighted by Crippen LogP contribution is -2.45. The molecule has 5 heteroatoms. The largest absolute Gasteiger partial charge is 0.469 e. The predicted molar refractivity (Wildman–Crippen MR) is 149 cm³/mol. The molecule has 0 aromatic carbocycles. The van der Waals surface area contributed by atoms with Gasteiger partial charge in [-0.1, -0.05) is 118 Å². The second-order valence-corrected chi connectivity index (χ2v) is 16.7. The van der Waals surface area contributed by atoms with Gasteiger partial charge in [-0.25, -0.2) is 0 Å². The molecule has 0 rings (SSSR count). The highest BCUT2D eigenvalue weighted by Gasteiger charge is 2.40. The minimum atomic E-state index is -1.96. The van der Waals surface area contributed by atoms with Crippen molar-refractivity contribution in [1.29, 1.82) is 0 Å². The van der Waals surface area contributed by atoms with Crippen LogP contribution in [0.3, 0.4) is 0 Å². The van der Waals surface area contributed by atoms with E-state index < -0.39 is 20.3 Å². The van der Waals surface area contributed by atoms with Gasteiger partial charge in [0.2, 0.25) is 0 Å². The SMILES string of the molecule is CCCCCCCCCCCC(CC(O)C(CCCCCC)C(=O)OC)O[Si](C)(C)C(C)(C)C. The molecule has 0 saturated heterocycles. The Balaban J connectivity index is 4.93. The van der Waals surface area contributed by atoms with E-state index >= 15 is 0 Å². The summed E-state index contributed by atoms with van der Waals surface area (Å²) in [6, 6.07) is 0.